The summed E-state index contributed by atoms with van der Waals surface area (Å²) in [5, 5.41) is 27.0. The highest BCUT2D eigenvalue weighted by Crippen LogP contribution is 2.58. The molecule has 0 aromatic heterocycles. The summed E-state index contributed by atoms with van der Waals surface area (Å²) in [5.41, 5.74) is 3.75. The Morgan fingerprint density at radius 1 is 0.900 bits per heavy atom. The zero-order valence-corrected chi connectivity index (χ0v) is 29.7. The molecule has 50 heavy (non-hydrogen) atoms. The van der Waals surface area contributed by atoms with Crippen LogP contribution < -0.4 is 20.3 Å². The maximum Gasteiger partial charge on any atom is 0.335 e. The van der Waals surface area contributed by atoms with Crippen LogP contribution in [-0.4, -0.2) is 53.8 Å². The molecule has 2 aliphatic heterocycles. The zero-order valence-electron chi connectivity index (χ0n) is 28.2. The molecular formula is C39H39Cl2N3O6. The molecule has 1 spiro atoms. The van der Waals surface area contributed by atoms with E-state index in [9.17, 15) is 24.6 Å². The Morgan fingerprint density at radius 2 is 1.54 bits per heavy atom. The summed E-state index contributed by atoms with van der Waals surface area (Å²) in [5.74, 6) is -2.52. The van der Waals surface area contributed by atoms with Gasteiger partial charge in [0.15, 0.2) is 0 Å². The Bertz CT molecular complexity index is 1940. The van der Waals surface area contributed by atoms with E-state index in [4.69, 9.17) is 27.9 Å². The molecule has 0 bridgehead atoms. The van der Waals surface area contributed by atoms with Gasteiger partial charge < -0.3 is 30.5 Å². The lowest BCUT2D eigenvalue weighted by atomic mass is 9.63. The minimum atomic E-state index is -1.10. The number of amides is 1. The van der Waals surface area contributed by atoms with Gasteiger partial charge in [-0.3, -0.25) is 4.79 Å². The fourth-order valence-corrected chi connectivity index (χ4v) is 7.97. The molecule has 4 atom stereocenters. The Labute approximate surface area is 301 Å². The summed E-state index contributed by atoms with van der Waals surface area (Å²) < 4.78 is 5.49. The van der Waals surface area contributed by atoms with Crippen molar-refractivity contribution >= 4 is 52.4 Å². The summed E-state index contributed by atoms with van der Waals surface area (Å²) in [7, 11) is 1.43. The monoisotopic (exact) mass is 715 g/mol. The van der Waals surface area contributed by atoms with Crippen molar-refractivity contribution in [1.82, 2.24) is 5.32 Å². The van der Waals surface area contributed by atoms with Crippen LogP contribution in [0.4, 0.5) is 11.4 Å². The smallest absolute Gasteiger partial charge is 0.335 e. The molecule has 6 rings (SSSR count). The molecule has 4 aromatic carbocycles. The third-order valence-electron chi connectivity index (χ3n) is 9.75. The lowest BCUT2D eigenvalue weighted by Gasteiger charge is -2.40. The molecule has 260 valence electrons. The minimum Gasteiger partial charge on any atom is -0.495 e. The molecule has 2 heterocycles. The highest BCUT2D eigenvalue weighted by Gasteiger charge is 2.62. The summed E-state index contributed by atoms with van der Waals surface area (Å²) >= 11 is 13.0. The third kappa shape index (κ3) is 6.77. The van der Waals surface area contributed by atoms with Crippen LogP contribution in [0.5, 0.6) is 5.75 Å². The lowest BCUT2D eigenvalue weighted by molar-refractivity contribution is -0.118. The van der Waals surface area contributed by atoms with Gasteiger partial charge in [0, 0.05) is 46.2 Å². The number of halogens is 2. The predicted octanol–water partition coefficient (Wildman–Crippen LogP) is 7.86. The first-order valence-electron chi connectivity index (χ1n) is 16.3. The van der Waals surface area contributed by atoms with Gasteiger partial charge in [-0.05, 0) is 83.1 Å². The largest absolute Gasteiger partial charge is 0.495 e. The Kier molecular flexibility index (Phi) is 9.61. The topological polar surface area (TPSA) is 128 Å². The van der Waals surface area contributed by atoms with Gasteiger partial charge in [-0.1, -0.05) is 74.3 Å². The van der Waals surface area contributed by atoms with Gasteiger partial charge in [-0.15, -0.1) is 0 Å². The highest BCUT2D eigenvalue weighted by atomic mass is 35.5. The molecule has 11 heteroatoms. The molecule has 2 aliphatic rings. The Hall–Kier alpha value is -4.57. The maximum absolute atomic E-state index is 14.6. The average Bonchev–Trinajstić information content (AvgIpc) is 3.54. The zero-order chi connectivity index (χ0) is 36.0. The lowest BCUT2D eigenvalue weighted by Crippen LogP contribution is -2.48. The van der Waals surface area contributed by atoms with Gasteiger partial charge in [-0.2, -0.15) is 0 Å². The van der Waals surface area contributed by atoms with E-state index >= 15 is 0 Å². The van der Waals surface area contributed by atoms with Crippen molar-refractivity contribution in [1.29, 1.82) is 0 Å². The molecule has 0 aliphatic carbocycles. The Morgan fingerprint density at radius 3 is 2.16 bits per heavy atom. The molecular weight excluding hydrogens is 677 g/mol. The number of anilines is 2. The van der Waals surface area contributed by atoms with E-state index in [1.165, 1.54) is 19.2 Å². The number of carboxylic acids is 2. The third-order valence-corrected chi connectivity index (χ3v) is 10.2. The van der Waals surface area contributed by atoms with Gasteiger partial charge in [0.1, 0.15) is 5.75 Å². The van der Waals surface area contributed by atoms with Crippen molar-refractivity contribution in [3.8, 4) is 5.75 Å². The van der Waals surface area contributed by atoms with Crippen LogP contribution in [0.2, 0.25) is 10.0 Å². The standard InChI is InChI=1S/C39H39Cl2N3O6/c1-38(2,3)19-32-39(21-44(30-18-27(41)14-15-28(30)39)20-22-5-7-24(8-6-22)36(46)47)33(23-9-12-26(40)13-10-23)34(43-32)35(45)42-29-16-11-25(37(48)49)17-31(29)50-4/h5-18,32-34,43H,19-21H2,1-4H3,(H,42,45)(H,46,47)(H,48,49)/t32-,33-,34+,39-/m0/s1. The number of rotatable bonds is 9. The van der Waals surface area contributed by atoms with Crippen LogP contribution in [-0.2, 0) is 16.8 Å². The number of carbonyl (C=O) groups excluding carboxylic acids is 1. The number of nitrogens with one attached hydrogen (secondary N) is 2. The van der Waals surface area contributed by atoms with Crippen molar-refractivity contribution in [2.75, 3.05) is 23.9 Å². The van der Waals surface area contributed by atoms with Crippen molar-refractivity contribution in [2.45, 2.75) is 57.2 Å². The number of fused-ring (bicyclic) bond motifs is 2. The van der Waals surface area contributed by atoms with E-state index in [-0.39, 0.29) is 40.2 Å². The molecule has 1 fully saturated rings. The number of aromatic carboxylic acids is 2. The quantitative estimate of drug-likeness (QED) is 0.138. The second kappa shape index (κ2) is 13.6. The number of ether oxygens (including phenoxy) is 1. The van der Waals surface area contributed by atoms with E-state index in [1.807, 2.05) is 48.5 Å². The molecule has 1 amide bonds. The first kappa shape index (κ1) is 35.3. The number of methoxy groups -OCH3 is 1. The van der Waals surface area contributed by atoms with E-state index < -0.39 is 23.4 Å². The van der Waals surface area contributed by atoms with E-state index in [2.05, 4.69) is 42.4 Å². The van der Waals surface area contributed by atoms with Crippen LogP contribution in [0.3, 0.4) is 0 Å². The predicted molar refractivity (Wildman–Crippen MR) is 195 cm³/mol. The molecule has 4 N–H and O–H groups in total. The number of hydrogen-bond acceptors (Lipinski definition) is 6. The van der Waals surface area contributed by atoms with Crippen molar-refractivity contribution in [3.63, 3.8) is 0 Å². The number of carbonyl (C=O) groups is 3. The second-order valence-electron chi connectivity index (χ2n) is 14.3. The first-order valence-corrected chi connectivity index (χ1v) is 17.1. The molecule has 1 saturated heterocycles. The number of hydrogen-bond donors (Lipinski definition) is 4. The molecule has 0 unspecified atom stereocenters. The SMILES string of the molecule is COc1cc(C(=O)O)ccc1NC(=O)[C@@H]1N[C@@H](CC(C)(C)C)[C@@]2(CN(Cc3ccc(C(=O)O)cc3)c3cc(Cl)ccc32)[C@H]1c1ccc(Cl)cc1. The van der Waals surface area contributed by atoms with Crippen LogP contribution in [0.15, 0.2) is 84.9 Å². The summed E-state index contributed by atoms with van der Waals surface area (Å²) in [6, 6.07) is 23.9. The highest BCUT2D eigenvalue weighted by molar-refractivity contribution is 6.31. The van der Waals surface area contributed by atoms with Gasteiger partial charge in [0.25, 0.3) is 0 Å². The molecule has 0 radical (unpaired) electrons. The van der Waals surface area contributed by atoms with Crippen molar-refractivity contribution < 1.29 is 29.3 Å². The van der Waals surface area contributed by atoms with Crippen molar-refractivity contribution in [3.05, 3.63) is 123 Å². The van der Waals surface area contributed by atoms with Crippen LogP contribution in [0.25, 0.3) is 0 Å². The maximum atomic E-state index is 14.6. The van der Waals surface area contributed by atoms with Gasteiger partial charge in [-0.25, -0.2) is 9.59 Å². The number of carboxylic acid groups (broad SMARTS) is 2. The summed E-state index contributed by atoms with van der Waals surface area (Å²) in [4.78, 5) is 40.0. The van der Waals surface area contributed by atoms with Crippen molar-refractivity contribution in [2.24, 2.45) is 5.41 Å². The average molecular weight is 717 g/mol. The van der Waals surface area contributed by atoms with Gasteiger partial charge in [0.2, 0.25) is 5.91 Å². The molecule has 9 nitrogen and oxygen atoms in total. The molecule has 0 saturated carbocycles. The van der Waals surface area contributed by atoms with Crippen LogP contribution >= 0.6 is 23.2 Å². The number of nitrogens with zero attached hydrogens (tertiary/aromatic N) is 1. The fraction of sp³-hybridized carbons (Fsp3) is 0.308. The Balaban J connectivity index is 1.49. The van der Waals surface area contributed by atoms with E-state index in [0.717, 1.165) is 28.8 Å². The fourth-order valence-electron chi connectivity index (χ4n) is 7.68. The summed E-state index contributed by atoms with van der Waals surface area (Å²) in [6.07, 6.45) is 0.737. The van der Waals surface area contributed by atoms with E-state index in [0.29, 0.717) is 28.8 Å². The second-order valence-corrected chi connectivity index (χ2v) is 15.1. The normalized spacial score (nSPS) is 21.2. The first-order chi connectivity index (χ1) is 23.7. The van der Waals surface area contributed by atoms with E-state index in [1.54, 1.807) is 18.2 Å². The summed E-state index contributed by atoms with van der Waals surface area (Å²) in [6.45, 7) is 7.59. The minimum absolute atomic E-state index is 0.0426. The van der Waals surface area contributed by atoms with Crippen LogP contribution in [0, 0.1) is 5.41 Å². The molecule has 4 aromatic rings. The number of benzene rings is 4. The van der Waals surface area contributed by atoms with Gasteiger partial charge >= 0.3 is 11.9 Å². The van der Waals surface area contributed by atoms with Crippen LogP contribution in [0.1, 0.15) is 70.5 Å². The van der Waals surface area contributed by atoms with Gasteiger partial charge in [0.05, 0.1) is 30.0 Å².